The molecule has 1 amide bonds. The second kappa shape index (κ2) is 7.82. The molecule has 3 N–H and O–H groups in total. The van der Waals surface area contributed by atoms with Crippen molar-refractivity contribution in [2.24, 2.45) is 5.73 Å². The van der Waals surface area contributed by atoms with Crippen LogP contribution in [0.3, 0.4) is 0 Å². The zero-order chi connectivity index (χ0) is 18.1. The van der Waals surface area contributed by atoms with Crippen LogP contribution < -0.4 is 15.8 Å². The number of fused-ring (bicyclic) bond motifs is 1. The number of aromatic nitrogens is 2. The first-order valence-electron chi connectivity index (χ1n) is 8.49. The van der Waals surface area contributed by atoms with E-state index in [0.717, 1.165) is 17.7 Å². The maximum absolute atomic E-state index is 12.6. The molecule has 2 atom stereocenters. The van der Waals surface area contributed by atoms with Crippen molar-refractivity contribution < 1.29 is 9.53 Å². The zero-order valence-corrected chi connectivity index (χ0v) is 15.6. The SMILES string of the molecule is COc1ccccc1-n1cc(C(=O)N[C@H]2Cc3ccccc3[C@@H]2N)cn1.Cl. The summed E-state index contributed by atoms with van der Waals surface area (Å²) in [7, 11) is 1.61. The van der Waals surface area contributed by atoms with Gasteiger partial charge >= 0.3 is 0 Å². The van der Waals surface area contributed by atoms with Crippen LogP contribution in [0.15, 0.2) is 60.9 Å². The van der Waals surface area contributed by atoms with Crippen LogP contribution in [-0.4, -0.2) is 28.8 Å². The Morgan fingerprint density at radius 2 is 1.96 bits per heavy atom. The highest BCUT2D eigenvalue weighted by Crippen LogP contribution is 2.29. The number of nitrogens with zero attached hydrogens (tertiary/aromatic N) is 2. The Kier molecular flexibility index (Phi) is 5.48. The van der Waals surface area contributed by atoms with Crippen molar-refractivity contribution in [2.75, 3.05) is 7.11 Å². The van der Waals surface area contributed by atoms with Crippen LogP contribution in [0, 0.1) is 0 Å². The van der Waals surface area contributed by atoms with Gasteiger partial charge in [-0.1, -0.05) is 36.4 Å². The number of amides is 1. The van der Waals surface area contributed by atoms with Crippen molar-refractivity contribution in [1.29, 1.82) is 0 Å². The van der Waals surface area contributed by atoms with Gasteiger partial charge in [0.2, 0.25) is 0 Å². The Bertz CT molecular complexity index is 956. The number of nitrogens with two attached hydrogens (primary N) is 1. The molecule has 0 bridgehead atoms. The molecule has 140 valence electrons. The van der Waals surface area contributed by atoms with Crippen molar-refractivity contribution in [3.8, 4) is 11.4 Å². The molecule has 3 aromatic rings. The first kappa shape index (κ1) is 18.9. The number of ether oxygens (including phenoxy) is 1. The van der Waals surface area contributed by atoms with E-state index < -0.39 is 0 Å². The molecule has 4 rings (SSSR count). The summed E-state index contributed by atoms with van der Waals surface area (Å²) in [5.41, 5.74) is 9.85. The fraction of sp³-hybridized carbons (Fsp3) is 0.200. The Hall–Kier alpha value is -2.83. The average molecular weight is 385 g/mol. The third-order valence-corrected chi connectivity index (χ3v) is 4.78. The number of hydrogen-bond donors (Lipinski definition) is 2. The molecule has 1 aliphatic carbocycles. The molecule has 0 radical (unpaired) electrons. The highest BCUT2D eigenvalue weighted by atomic mass is 35.5. The van der Waals surface area contributed by atoms with Crippen molar-refractivity contribution >= 4 is 18.3 Å². The lowest BCUT2D eigenvalue weighted by Gasteiger charge is -2.17. The molecule has 0 spiro atoms. The standard InChI is InChI=1S/C20H20N4O2.ClH/c1-26-18-9-5-4-8-17(18)24-12-14(11-22-24)20(25)23-16-10-13-6-2-3-7-15(13)19(16)21;/h2-9,11-12,16,19H,10,21H2,1H3,(H,23,25);1H/t16-,19-;/m0./s1. The lowest BCUT2D eigenvalue weighted by Crippen LogP contribution is -2.40. The van der Waals surface area contributed by atoms with Gasteiger partial charge in [-0.25, -0.2) is 4.68 Å². The fourth-order valence-electron chi connectivity index (χ4n) is 3.41. The highest BCUT2D eigenvalue weighted by Gasteiger charge is 2.30. The molecule has 1 aliphatic rings. The molecule has 2 aromatic carbocycles. The Morgan fingerprint density at radius 1 is 1.22 bits per heavy atom. The van der Waals surface area contributed by atoms with E-state index >= 15 is 0 Å². The molecular weight excluding hydrogens is 364 g/mol. The molecule has 0 saturated heterocycles. The molecule has 1 heterocycles. The van der Waals surface area contributed by atoms with E-state index in [2.05, 4.69) is 16.5 Å². The molecule has 7 heteroatoms. The van der Waals surface area contributed by atoms with Gasteiger partial charge in [-0.2, -0.15) is 5.10 Å². The lowest BCUT2D eigenvalue weighted by molar-refractivity contribution is 0.0933. The number of benzene rings is 2. The second-order valence-electron chi connectivity index (χ2n) is 6.35. The number of halogens is 1. The smallest absolute Gasteiger partial charge is 0.254 e. The summed E-state index contributed by atoms with van der Waals surface area (Å²) in [4.78, 5) is 12.6. The molecule has 0 aliphatic heterocycles. The molecule has 6 nitrogen and oxygen atoms in total. The van der Waals surface area contributed by atoms with E-state index in [0.29, 0.717) is 11.3 Å². The number of carbonyl (C=O) groups is 1. The number of carbonyl (C=O) groups excluding carboxylic acids is 1. The first-order chi connectivity index (χ1) is 12.7. The minimum atomic E-state index is -0.195. The summed E-state index contributed by atoms with van der Waals surface area (Å²) < 4.78 is 6.99. The molecular formula is C20H21ClN4O2. The van der Waals surface area contributed by atoms with E-state index in [1.54, 1.807) is 24.2 Å². The monoisotopic (exact) mass is 384 g/mol. The van der Waals surface area contributed by atoms with Gasteiger partial charge in [0.1, 0.15) is 11.4 Å². The van der Waals surface area contributed by atoms with Gasteiger partial charge in [-0.3, -0.25) is 4.79 Å². The highest BCUT2D eigenvalue weighted by molar-refractivity contribution is 5.94. The number of para-hydroxylation sites is 2. The fourth-order valence-corrected chi connectivity index (χ4v) is 3.41. The van der Waals surface area contributed by atoms with Crippen LogP contribution in [0.2, 0.25) is 0 Å². The predicted molar refractivity (Wildman–Crippen MR) is 106 cm³/mol. The maximum Gasteiger partial charge on any atom is 0.254 e. The first-order valence-corrected chi connectivity index (χ1v) is 8.49. The van der Waals surface area contributed by atoms with E-state index in [1.807, 2.05) is 42.5 Å². The second-order valence-corrected chi connectivity index (χ2v) is 6.35. The van der Waals surface area contributed by atoms with Crippen LogP contribution in [0.5, 0.6) is 5.75 Å². The van der Waals surface area contributed by atoms with Gasteiger partial charge in [0.15, 0.2) is 0 Å². The third-order valence-electron chi connectivity index (χ3n) is 4.78. The lowest BCUT2D eigenvalue weighted by atomic mass is 10.1. The minimum Gasteiger partial charge on any atom is -0.494 e. The summed E-state index contributed by atoms with van der Waals surface area (Å²) in [6, 6.07) is 15.3. The molecule has 27 heavy (non-hydrogen) atoms. The summed E-state index contributed by atoms with van der Waals surface area (Å²) in [6.07, 6.45) is 3.99. The van der Waals surface area contributed by atoms with Gasteiger partial charge in [0, 0.05) is 6.20 Å². The molecule has 1 aromatic heterocycles. The van der Waals surface area contributed by atoms with Crippen molar-refractivity contribution in [1.82, 2.24) is 15.1 Å². The van der Waals surface area contributed by atoms with Crippen LogP contribution in [0.25, 0.3) is 5.69 Å². The molecule has 0 fully saturated rings. The number of rotatable bonds is 4. The predicted octanol–water partition coefficient (Wildman–Crippen LogP) is 2.66. The molecule has 0 saturated carbocycles. The minimum absolute atomic E-state index is 0. The third kappa shape index (κ3) is 3.54. The Labute approximate surface area is 163 Å². The van der Waals surface area contributed by atoms with E-state index in [9.17, 15) is 4.79 Å². The summed E-state index contributed by atoms with van der Waals surface area (Å²) in [5, 5.41) is 7.33. The van der Waals surface area contributed by atoms with Gasteiger partial charge in [-0.05, 0) is 29.7 Å². The normalized spacial score (nSPS) is 17.7. The Balaban J connectivity index is 0.00000210. The van der Waals surface area contributed by atoms with E-state index in [4.69, 9.17) is 10.5 Å². The number of hydrogen-bond acceptors (Lipinski definition) is 4. The van der Waals surface area contributed by atoms with Crippen LogP contribution >= 0.6 is 12.4 Å². The summed E-state index contributed by atoms with van der Waals surface area (Å²) in [6.45, 7) is 0. The van der Waals surface area contributed by atoms with E-state index in [-0.39, 0.29) is 30.4 Å². The van der Waals surface area contributed by atoms with Crippen molar-refractivity contribution in [3.63, 3.8) is 0 Å². The topological polar surface area (TPSA) is 82.2 Å². The quantitative estimate of drug-likeness (QED) is 0.724. The zero-order valence-electron chi connectivity index (χ0n) is 14.8. The largest absolute Gasteiger partial charge is 0.494 e. The Morgan fingerprint density at radius 3 is 2.74 bits per heavy atom. The van der Waals surface area contributed by atoms with Gasteiger partial charge in [0.05, 0.1) is 31.0 Å². The van der Waals surface area contributed by atoms with Gasteiger partial charge < -0.3 is 15.8 Å². The number of nitrogens with one attached hydrogen (secondary N) is 1. The average Bonchev–Trinajstić information content (AvgIpc) is 3.28. The van der Waals surface area contributed by atoms with Crippen molar-refractivity contribution in [2.45, 2.75) is 18.5 Å². The summed E-state index contributed by atoms with van der Waals surface area (Å²) in [5.74, 6) is 0.509. The van der Waals surface area contributed by atoms with Crippen LogP contribution in [-0.2, 0) is 6.42 Å². The maximum atomic E-state index is 12.6. The summed E-state index contributed by atoms with van der Waals surface area (Å²) >= 11 is 0. The van der Waals surface area contributed by atoms with Crippen LogP contribution in [0.1, 0.15) is 27.5 Å². The van der Waals surface area contributed by atoms with Gasteiger partial charge in [0.25, 0.3) is 5.91 Å². The van der Waals surface area contributed by atoms with E-state index in [1.165, 1.54) is 5.56 Å². The van der Waals surface area contributed by atoms with Crippen LogP contribution in [0.4, 0.5) is 0 Å². The molecule has 0 unspecified atom stereocenters. The van der Waals surface area contributed by atoms with Gasteiger partial charge in [-0.15, -0.1) is 12.4 Å². The number of methoxy groups -OCH3 is 1. The van der Waals surface area contributed by atoms with Crippen molar-refractivity contribution in [3.05, 3.63) is 77.6 Å².